The van der Waals surface area contributed by atoms with Crippen molar-refractivity contribution in [1.29, 1.82) is 0 Å². The Balaban J connectivity index is 1.71. The SMILES string of the molecule is CCC(NCc1nn[nH]n1)c1ccc2c(c1)CCO2. The lowest BCUT2D eigenvalue weighted by Gasteiger charge is -2.17. The first kappa shape index (κ1) is 12.1. The van der Waals surface area contributed by atoms with Gasteiger partial charge in [-0.25, -0.2) is 0 Å². The number of nitrogens with one attached hydrogen (secondary N) is 2. The number of fused-ring (bicyclic) bond motifs is 1. The molecule has 0 saturated heterocycles. The highest BCUT2D eigenvalue weighted by atomic mass is 16.5. The fourth-order valence-corrected chi connectivity index (χ4v) is 2.39. The van der Waals surface area contributed by atoms with Crippen LogP contribution in [0.5, 0.6) is 5.75 Å². The predicted molar refractivity (Wildman–Crippen MR) is 69.7 cm³/mol. The molecule has 19 heavy (non-hydrogen) atoms. The van der Waals surface area contributed by atoms with Gasteiger partial charge in [-0.15, -0.1) is 10.2 Å². The van der Waals surface area contributed by atoms with Crippen LogP contribution in [0.25, 0.3) is 0 Å². The summed E-state index contributed by atoms with van der Waals surface area (Å²) in [7, 11) is 0. The molecule has 0 bridgehead atoms. The van der Waals surface area contributed by atoms with Gasteiger partial charge in [0.2, 0.25) is 0 Å². The first-order valence-electron chi connectivity index (χ1n) is 6.58. The zero-order valence-electron chi connectivity index (χ0n) is 10.9. The molecule has 0 amide bonds. The molecule has 6 heteroatoms. The van der Waals surface area contributed by atoms with Crippen molar-refractivity contribution < 1.29 is 4.74 Å². The molecular formula is C13H17N5O. The number of aromatic amines is 1. The molecule has 0 spiro atoms. The molecule has 100 valence electrons. The Bertz CT molecular complexity index is 540. The lowest BCUT2D eigenvalue weighted by Crippen LogP contribution is -2.21. The second-order valence-electron chi connectivity index (χ2n) is 4.64. The summed E-state index contributed by atoms with van der Waals surface area (Å²) >= 11 is 0. The van der Waals surface area contributed by atoms with Crippen molar-refractivity contribution in [3.63, 3.8) is 0 Å². The van der Waals surface area contributed by atoms with E-state index in [-0.39, 0.29) is 0 Å². The maximum atomic E-state index is 5.53. The third-order valence-electron chi connectivity index (χ3n) is 3.42. The number of rotatable bonds is 5. The van der Waals surface area contributed by atoms with E-state index < -0.39 is 0 Å². The van der Waals surface area contributed by atoms with E-state index >= 15 is 0 Å². The van der Waals surface area contributed by atoms with Crippen LogP contribution in [0.3, 0.4) is 0 Å². The van der Waals surface area contributed by atoms with Gasteiger partial charge in [0, 0.05) is 12.5 Å². The first-order valence-corrected chi connectivity index (χ1v) is 6.58. The lowest BCUT2D eigenvalue weighted by atomic mass is 10.0. The van der Waals surface area contributed by atoms with Crippen LogP contribution in [0.1, 0.15) is 36.3 Å². The molecule has 1 unspecified atom stereocenters. The molecule has 2 aromatic rings. The number of hydrogen-bond acceptors (Lipinski definition) is 5. The van der Waals surface area contributed by atoms with Crippen LogP contribution in [-0.2, 0) is 13.0 Å². The number of aromatic nitrogens is 4. The molecule has 2 N–H and O–H groups in total. The van der Waals surface area contributed by atoms with Crippen LogP contribution < -0.4 is 10.1 Å². The fourth-order valence-electron chi connectivity index (χ4n) is 2.39. The number of benzene rings is 1. The second-order valence-corrected chi connectivity index (χ2v) is 4.64. The fraction of sp³-hybridized carbons (Fsp3) is 0.462. The molecule has 1 aliphatic rings. The molecule has 1 aliphatic heterocycles. The number of tetrazole rings is 1. The molecule has 6 nitrogen and oxygen atoms in total. The third kappa shape index (κ3) is 2.58. The Labute approximate surface area is 111 Å². The largest absolute Gasteiger partial charge is 0.493 e. The summed E-state index contributed by atoms with van der Waals surface area (Å²) in [6, 6.07) is 6.72. The highest BCUT2D eigenvalue weighted by Gasteiger charge is 2.16. The molecule has 2 heterocycles. The van der Waals surface area contributed by atoms with E-state index in [1.807, 2.05) is 0 Å². The van der Waals surface area contributed by atoms with Gasteiger partial charge in [0.1, 0.15) is 5.75 Å². The van der Waals surface area contributed by atoms with E-state index in [9.17, 15) is 0 Å². The minimum atomic E-state index is 0.296. The minimum absolute atomic E-state index is 0.296. The van der Waals surface area contributed by atoms with Crippen molar-refractivity contribution in [3.05, 3.63) is 35.2 Å². The number of nitrogens with zero attached hydrogens (tertiary/aromatic N) is 3. The summed E-state index contributed by atoms with van der Waals surface area (Å²) in [6.45, 7) is 3.58. The van der Waals surface area contributed by atoms with Crippen LogP contribution in [0, 0.1) is 0 Å². The van der Waals surface area contributed by atoms with Crippen molar-refractivity contribution in [3.8, 4) is 5.75 Å². The summed E-state index contributed by atoms with van der Waals surface area (Å²) < 4.78 is 5.53. The normalized spacial score (nSPS) is 15.0. The van der Waals surface area contributed by atoms with E-state index in [1.54, 1.807) is 0 Å². The van der Waals surface area contributed by atoms with Gasteiger partial charge < -0.3 is 10.1 Å². The van der Waals surface area contributed by atoms with Gasteiger partial charge >= 0.3 is 0 Å². The topological polar surface area (TPSA) is 75.7 Å². The van der Waals surface area contributed by atoms with Gasteiger partial charge in [0.25, 0.3) is 0 Å². The van der Waals surface area contributed by atoms with Crippen LogP contribution in [0.15, 0.2) is 18.2 Å². The van der Waals surface area contributed by atoms with E-state index in [0.29, 0.717) is 18.4 Å². The quantitative estimate of drug-likeness (QED) is 0.848. The van der Waals surface area contributed by atoms with Crippen LogP contribution in [0.4, 0.5) is 0 Å². The molecule has 0 aliphatic carbocycles. The van der Waals surface area contributed by atoms with E-state index in [1.165, 1.54) is 11.1 Å². The smallest absolute Gasteiger partial charge is 0.188 e. The van der Waals surface area contributed by atoms with Crippen LogP contribution in [0.2, 0.25) is 0 Å². The standard InChI is InChI=1S/C13H17N5O/c1-2-11(14-8-13-15-17-18-16-13)9-3-4-12-10(7-9)5-6-19-12/h3-4,7,11,14H,2,5-6,8H2,1H3,(H,15,16,17,18). The molecule has 1 aromatic carbocycles. The molecule has 0 radical (unpaired) electrons. The van der Waals surface area contributed by atoms with E-state index in [0.717, 1.165) is 25.2 Å². The first-order chi connectivity index (χ1) is 9.36. The summed E-state index contributed by atoms with van der Waals surface area (Å²) in [5.74, 6) is 1.71. The Kier molecular flexibility index (Phi) is 3.41. The van der Waals surface area contributed by atoms with Crippen molar-refractivity contribution >= 4 is 0 Å². The Morgan fingerprint density at radius 3 is 3.21 bits per heavy atom. The molecule has 1 atom stereocenters. The minimum Gasteiger partial charge on any atom is -0.493 e. The summed E-state index contributed by atoms with van der Waals surface area (Å²) in [5, 5.41) is 17.4. The van der Waals surface area contributed by atoms with Gasteiger partial charge in [0.15, 0.2) is 5.82 Å². The predicted octanol–water partition coefficient (Wildman–Crippen LogP) is 1.38. The second kappa shape index (κ2) is 5.36. The molecule has 1 aromatic heterocycles. The highest BCUT2D eigenvalue weighted by molar-refractivity contribution is 5.40. The monoisotopic (exact) mass is 259 g/mol. The third-order valence-corrected chi connectivity index (χ3v) is 3.42. The highest BCUT2D eigenvalue weighted by Crippen LogP contribution is 2.29. The number of H-pyrrole nitrogens is 1. The van der Waals surface area contributed by atoms with Crippen molar-refractivity contribution in [2.45, 2.75) is 32.4 Å². The summed E-state index contributed by atoms with van der Waals surface area (Å²) in [5.41, 5.74) is 2.59. The lowest BCUT2D eigenvalue weighted by molar-refractivity contribution is 0.356. The maximum Gasteiger partial charge on any atom is 0.188 e. The number of hydrogen-bond donors (Lipinski definition) is 2. The zero-order valence-corrected chi connectivity index (χ0v) is 10.9. The van der Waals surface area contributed by atoms with Gasteiger partial charge in [-0.1, -0.05) is 24.3 Å². The zero-order chi connectivity index (χ0) is 13.1. The van der Waals surface area contributed by atoms with Gasteiger partial charge in [-0.2, -0.15) is 5.21 Å². The molecule has 0 saturated carbocycles. The maximum absolute atomic E-state index is 5.53. The van der Waals surface area contributed by atoms with Crippen molar-refractivity contribution in [2.24, 2.45) is 0 Å². The summed E-state index contributed by atoms with van der Waals surface area (Å²) in [4.78, 5) is 0. The van der Waals surface area contributed by atoms with Crippen LogP contribution >= 0.6 is 0 Å². The molecular weight excluding hydrogens is 242 g/mol. The average molecular weight is 259 g/mol. The molecule has 0 fully saturated rings. The summed E-state index contributed by atoms with van der Waals surface area (Å²) in [6.07, 6.45) is 2.02. The van der Waals surface area contributed by atoms with Crippen molar-refractivity contribution in [2.75, 3.05) is 6.61 Å². The average Bonchev–Trinajstić information content (AvgIpc) is 3.09. The van der Waals surface area contributed by atoms with Gasteiger partial charge in [-0.3, -0.25) is 0 Å². The van der Waals surface area contributed by atoms with Gasteiger partial charge in [0.05, 0.1) is 13.2 Å². The Hall–Kier alpha value is -1.95. The van der Waals surface area contributed by atoms with Crippen molar-refractivity contribution in [1.82, 2.24) is 25.9 Å². The number of ether oxygens (including phenoxy) is 1. The van der Waals surface area contributed by atoms with E-state index in [4.69, 9.17) is 4.74 Å². The Morgan fingerprint density at radius 2 is 2.42 bits per heavy atom. The van der Waals surface area contributed by atoms with Gasteiger partial charge in [-0.05, 0) is 23.6 Å². The Morgan fingerprint density at radius 1 is 1.47 bits per heavy atom. The molecule has 3 rings (SSSR count). The van der Waals surface area contributed by atoms with Crippen LogP contribution in [-0.4, -0.2) is 27.2 Å². The van der Waals surface area contributed by atoms with E-state index in [2.05, 4.69) is 51.1 Å².